The molecule has 0 radical (unpaired) electrons. The second kappa shape index (κ2) is 6.02. The van der Waals surface area contributed by atoms with Crippen molar-refractivity contribution in [3.63, 3.8) is 0 Å². The first-order chi connectivity index (χ1) is 6.77. The lowest BCUT2D eigenvalue weighted by Crippen LogP contribution is -2.32. The lowest BCUT2D eigenvalue weighted by atomic mass is 10.3. The second-order valence-electron chi connectivity index (χ2n) is 3.86. The van der Waals surface area contributed by atoms with Gasteiger partial charge < -0.3 is 9.80 Å². The number of likely N-dealkylation sites (tertiary alicyclic amines) is 1. The molecule has 1 aliphatic rings. The Morgan fingerprint density at radius 3 is 2.29 bits per heavy atom. The average molecular weight is 198 g/mol. The van der Waals surface area contributed by atoms with Crippen molar-refractivity contribution in [1.29, 1.82) is 0 Å². The molecule has 0 aromatic carbocycles. The molecule has 0 unspecified atom stereocenters. The fraction of sp³-hybridized carbons (Fsp3) is 0.909. The Kier molecular flexibility index (Phi) is 4.94. The molecular weight excluding hydrogens is 176 g/mol. The lowest BCUT2D eigenvalue weighted by Gasteiger charge is -2.20. The maximum Gasteiger partial charge on any atom is 0.223 e. The average Bonchev–Trinajstić information content (AvgIpc) is 2.72. The Morgan fingerprint density at radius 1 is 1.21 bits per heavy atom. The molecule has 0 aliphatic carbocycles. The predicted molar refractivity (Wildman–Crippen MR) is 58.2 cm³/mol. The third kappa shape index (κ3) is 3.29. The first-order valence-corrected chi connectivity index (χ1v) is 5.78. The molecule has 82 valence electrons. The van der Waals surface area contributed by atoms with Gasteiger partial charge in [0.1, 0.15) is 0 Å². The van der Waals surface area contributed by atoms with Gasteiger partial charge in [0.25, 0.3) is 0 Å². The molecule has 0 bridgehead atoms. The molecule has 0 spiro atoms. The van der Waals surface area contributed by atoms with Gasteiger partial charge >= 0.3 is 0 Å². The van der Waals surface area contributed by atoms with Crippen LogP contribution in [0, 0.1) is 0 Å². The van der Waals surface area contributed by atoms with Crippen molar-refractivity contribution >= 4 is 5.91 Å². The molecule has 1 aliphatic heterocycles. The van der Waals surface area contributed by atoms with Crippen LogP contribution in [-0.4, -0.2) is 48.4 Å². The van der Waals surface area contributed by atoms with Crippen molar-refractivity contribution in [2.45, 2.75) is 33.1 Å². The molecule has 3 nitrogen and oxygen atoms in total. The fourth-order valence-corrected chi connectivity index (χ4v) is 1.92. The highest BCUT2D eigenvalue weighted by Gasteiger charge is 2.17. The number of amides is 1. The summed E-state index contributed by atoms with van der Waals surface area (Å²) >= 11 is 0. The van der Waals surface area contributed by atoms with Crippen LogP contribution in [0.2, 0.25) is 0 Å². The minimum Gasteiger partial charge on any atom is -0.343 e. The van der Waals surface area contributed by atoms with Crippen LogP contribution in [0.25, 0.3) is 0 Å². The van der Waals surface area contributed by atoms with Crippen LogP contribution in [0.5, 0.6) is 0 Å². The van der Waals surface area contributed by atoms with E-state index < -0.39 is 0 Å². The number of carbonyl (C=O) groups excluding carboxylic acids is 1. The van der Waals surface area contributed by atoms with E-state index in [9.17, 15) is 4.79 Å². The molecule has 0 saturated carbocycles. The zero-order valence-electron chi connectivity index (χ0n) is 9.46. The van der Waals surface area contributed by atoms with Gasteiger partial charge in [-0.15, -0.1) is 0 Å². The van der Waals surface area contributed by atoms with Crippen molar-refractivity contribution in [3.8, 4) is 0 Å². The molecule has 1 saturated heterocycles. The summed E-state index contributed by atoms with van der Waals surface area (Å²) in [4.78, 5) is 16.0. The van der Waals surface area contributed by atoms with Gasteiger partial charge in [0.2, 0.25) is 5.91 Å². The smallest absolute Gasteiger partial charge is 0.223 e. The molecule has 0 atom stereocenters. The van der Waals surface area contributed by atoms with E-state index in [4.69, 9.17) is 0 Å². The van der Waals surface area contributed by atoms with Crippen molar-refractivity contribution in [2.24, 2.45) is 0 Å². The maximum absolute atomic E-state index is 11.7. The summed E-state index contributed by atoms with van der Waals surface area (Å²) in [6, 6.07) is 0. The summed E-state index contributed by atoms with van der Waals surface area (Å²) in [6.07, 6.45) is 3.08. The monoisotopic (exact) mass is 198 g/mol. The topological polar surface area (TPSA) is 23.6 Å². The molecule has 1 heterocycles. The molecule has 0 aromatic heterocycles. The van der Waals surface area contributed by atoms with Gasteiger partial charge in [0, 0.05) is 26.1 Å². The third-order valence-electron chi connectivity index (χ3n) is 3.00. The number of hydrogen-bond acceptors (Lipinski definition) is 2. The first-order valence-electron chi connectivity index (χ1n) is 5.78. The largest absolute Gasteiger partial charge is 0.343 e. The standard InChI is InChI=1S/C11H22N2O/c1-3-12(4-2)10-7-11(14)13-8-5-6-9-13/h3-10H2,1-2H3. The summed E-state index contributed by atoms with van der Waals surface area (Å²) in [5.41, 5.74) is 0. The van der Waals surface area contributed by atoms with E-state index in [0.717, 1.165) is 32.7 Å². The molecule has 1 rings (SSSR count). The van der Waals surface area contributed by atoms with Crippen LogP contribution >= 0.6 is 0 Å². The minimum atomic E-state index is 0.342. The fourth-order valence-electron chi connectivity index (χ4n) is 1.92. The summed E-state index contributed by atoms with van der Waals surface area (Å²) in [5, 5.41) is 0. The van der Waals surface area contributed by atoms with Gasteiger partial charge in [-0.2, -0.15) is 0 Å². The third-order valence-corrected chi connectivity index (χ3v) is 3.00. The van der Waals surface area contributed by atoms with E-state index >= 15 is 0 Å². The maximum atomic E-state index is 11.7. The second-order valence-corrected chi connectivity index (χ2v) is 3.86. The van der Waals surface area contributed by atoms with Crippen LogP contribution < -0.4 is 0 Å². The highest BCUT2D eigenvalue weighted by atomic mass is 16.2. The molecule has 3 heteroatoms. The lowest BCUT2D eigenvalue weighted by molar-refractivity contribution is -0.130. The van der Waals surface area contributed by atoms with E-state index in [1.54, 1.807) is 0 Å². The number of rotatable bonds is 5. The zero-order valence-corrected chi connectivity index (χ0v) is 9.46. The van der Waals surface area contributed by atoms with E-state index in [2.05, 4.69) is 18.7 Å². The Balaban J connectivity index is 2.19. The summed E-state index contributed by atoms with van der Waals surface area (Å²) in [5.74, 6) is 0.342. The predicted octanol–water partition coefficient (Wildman–Crippen LogP) is 1.34. The van der Waals surface area contributed by atoms with Crippen molar-refractivity contribution in [1.82, 2.24) is 9.80 Å². The molecule has 0 N–H and O–H groups in total. The van der Waals surface area contributed by atoms with Crippen LogP contribution in [0.3, 0.4) is 0 Å². The molecule has 0 aromatic rings. The van der Waals surface area contributed by atoms with Crippen LogP contribution in [-0.2, 0) is 4.79 Å². The molecular formula is C11H22N2O. The normalized spacial score (nSPS) is 16.6. The van der Waals surface area contributed by atoms with E-state index in [1.165, 1.54) is 12.8 Å². The van der Waals surface area contributed by atoms with Gasteiger partial charge in [-0.05, 0) is 25.9 Å². The Hall–Kier alpha value is -0.570. The van der Waals surface area contributed by atoms with Gasteiger partial charge in [0.15, 0.2) is 0 Å². The number of nitrogens with zero attached hydrogens (tertiary/aromatic N) is 2. The Morgan fingerprint density at radius 2 is 1.79 bits per heavy atom. The first kappa shape index (κ1) is 11.5. The van der Waals surface area contributed by atoms with Crippen LogP contribution in [0.15, 0.2) is 0 Å². The van der Waals surface area contributed by atoms with Crippen LogP contribution in [0.4, 0.5) is 0 Å². The minimum absolute atomic E-state index is 0.342. The Bertz CT molecular complexity index is 172. The van der Waals surface area contributed by atoms with Crippen molar-refractivity contribution in [3.05, 3.63) is 0 Å². The molecule has 1 fully saturated rings. The number of carbonyl (C=O) groups is 1. The van der Waals surface area contributed by atoms with Crippen molar-refractivity contribution < 1.29 is 4.79 Å². The quantitative estimate of drug-likeness (QED) is 0.665. The van der Waals surface area contributed by atoms with Crippen LogP contribution in [0.1, 0.15) is 33.1 Å². The highest BCUT2D eigenvalue weighted by molar-refractivity contribution is 5.76. The summed E-state index contributed by atoms with van der Waals surface area (Å²) in [7, 11) is 0. The number of hydrogen-bond donors (Lipinski definition) is 0. The SMILES string of the molecule is CCN(CC)CCC(=O)N1CCCC1. The highest BCUT2D eigenvalue weighted by Crippen LogP contribution is 2.09. The van der Waals surface area contributed by atoms with Gasteiger partial charge in [-0.25, -0.2) is 0 Å². The molecule has 14 heavy (non-hydrogen) atoms. The van der Waals surface area contributed by atoms with Gasteiger partial charge in [0.05, 0.1) is 0 Å². The van der Waals surface area contributed by atoms with E-state index in [1.807, 2.05) is 4.90 Å². The zero-order chi connectivity index (χ0) is 10.4. The van der Waals surface area contributed by atoms with Gasteiger partial charge in [-0.1, -0.05) is 13.8 Å². The summed E-state index contributed by atoms with van der Waals surface area (Å²) in [6.45, 7) is 9.26. The van der Waals surface area contributed by atoms with E-state index in [0.29, 0.717) is 12.3 Å². The van der Waals surface area contributed by atoms with Gasteiger partial charge in [-0.3, -0.25) is 4.79 Å². The Labute approximate surface area is 87.1 Å². The summed E-state index contributed by atoms with van der Waals surface area (Å²) < 4.78 is 0. The van der Waals surface area contributed by atoms with E-state index in [-0.39, 0.29) is 0 Å². The van der Waals surface area contributed by atoms with Crippen molar-refractivity contribution in [2.75, 3.05) is 32.7 Å². The molecule has 1 amide bonds.